The molecule has 0 aliphatic rings. The van der Waals surface area contributed by atoms with Gasteiger partial charge in [0.25, 0.3) is 0 Å². The summed E-state index contributed by atoms with van der Waals surface area (Å²) in [4.78, 5) is 36.1. The normalized spacial score (nSPS) is 15.1. The fourth-order valence-corrected chi connectivity index (χ4v) is 3.38. The number of carboxylic acids is 1. The summed E-state index contributed by atoms with van der Waals surface area (Å²) in [6.45, 7) is 0. The molecule has 164 valence electrons. The molecule has 2 atom stereocenters. The van der Waals surface area contributed by atoms with E-state index >= 15 is 0 Å². The molecule has 2 unspecified atom stereocenters. The summed E-state index contributed by atoms with van der Waals surface area (Å²) in [7, 11) is 1.38. The number of benzene rings is 2. The molecule has 31 heavy (non-hydrogen) atoms. The number of ketones is 1. The molecule has 0 fully saturated rings. The highest BCUT2D eigenvalue weighted by Gasteiger charge is 2.59. The third-order valence-corrected chi connectivity index (χ3v) is 5.11. The summed E-state index contributed by atoms with van der Waals surface area (Å²) < 4.78 is 5.06. The van der Waals surface area contributed by atoms with E-state index < -0.39 is 35.0 Å². The summed E-state index contributed by atoms with van der Waals surface area (Å²) in [5.41, 5.74) is 8.53. The van der Waals surface area contributed by atoms with Gasteiger partial charge in [0.15, 0.2) is 11.3 Å². The van der Waals surface area contributed by atoms with Gasteiger partial charge in [-0.05, 0) is 23.3 Å². The number of phenolic OH excluding ortho intramolecular Hbond substituents is 1. The fourth-order valence-electron chi connectivity index (χ4n) is 3.38. The number of carbonyl (C=O) groups is 3. The largest absolute Gasteiger partial charge is 0.507 e. The minimum Gasteiger partial charge on any atom is -0.507 e. The molecule has 0 saturated heterocycles. The molecule has 0 aliphatic carbocycles. The van der Waals surface area contributed by atoms with Crippen LogP contribution in [0.25, 0.3) is 0 Å². The van der Waals surface area contributed by atoms with E-state index in [0.29, 0.717) is 11.8 Å². The maximum Gasteiger partial charge on any atom is 0.334 e. The van der Waals surface area contributed by atoms with E-state index in [0.717, 1.165) is 0 Å². The average Bonchev–Trinajstić information content (AvgIpc) is 2.76. The third kappa shape index (κ3) is 4.11. The number of nitrogens with two attached hydrogens (primary N) is 3. The van der Waals surface area contributed by atoms with Gasteiger partial charge in [-0.3, -0.25) is 4.79 Å². The number of hydrogen-bond acceptors (Lipinski definition) is 9. The number of aldehydes is 1. The van der Waals surface area contributed by atoms with E-state index in [4.69, 9.17) is 22.0 Å². The Bertz CT molecular complexity index is 1010. The van der Waals surface area contributed by atoms with Gasteiger partial charge in [-0.1, -0.05) is 24.3 Å². The highest BCUT2D eigenvalue weighted by atomic mass is 16.5. The van der Waals surface area contributed by atoms with Gasteiger partial charge < -0.3 is 37.1 Å². The minimum absolute atomic E-state index is 0.113. The molecule has 0 aromatic heterocycles. The van der Waals surface area contributed by atoms with Crippen molar-refractivity contribution in [3.8, 4) is 11.5 Å². The van der Waals surface area contributed by atoms with Crippen LogP contribution in [0.3, 0.4) is 0 Å². The van der Waals surface area contributed by atoms with Crippen LogP contribution in [0.2, 0.25) is 0 Å². The van der Waals surface area contributed by atoms with Gasteiger partial charge in [0, 0.05) is 24.5 Å². The van der Waals surface area contributed by atoms with Crippen LogP contribution in [0.5, 0.6) is 11.5 Å². The van der Waals surface area contributed by atoms with Gasteiger partial charge in [-0.25, -0.2) is 4.79 Å². The number of Topliss-reactive ketones (excluding diaryl/α,β-unsaturated/α-hetero) is 1. The smallest absolute Gasteiger partial charge is 0.334 e. The summed E-state index contributed by atoms with van der Waals surface area (Å²) in [6, 6.07) is 10.0. The first-order valence-corrected chi connectivity index (χ1v) is 9.16. The van der Waals surface area contributed by atoms with Crippen molar-refractivity contribution < 1.29 is 29.3 Å². The number of nitrogens with zero attached hydrogens (tertiary/aromatic N) is 1. The summed E-state index contributed by atoms with van der Waals surface area (Å²) >= 11 is 0. The zero-order valence-electron chi connectivity index (χ0n) is 16.8. The molecule has 0 saturated carbocycles. The third-order valence-electron chi connectivity index (χ3n) is 5.11. The molecular formula is C21H24N4O6. The molecule has 0 aliphatic heterocycles. The highest BCUT2D eigenvalue weighted by Crippen LogP contribution is 2.42. The molecule has 0 amide bonds. The molecule has 0 heterocycles. The SMILES string of the molecule is COc1ccc(C(N)(c2ccc(C=NN)cc2)C(N)(C(=O)O)C(=O)CCC=O)c(O)c1. The second-order valence-electron chi connectivity index (χ2n) is 6.83. The van der Waals surface area contributed by atoms with E-state index in [1.807, 2.05) is 0 Å². The standard InChI is InChI=1S/C21H24N4O6/c1-31-15-8-9-16(17(27)11-15)20(22,14-6-4-13(5-7-14)12-25-24)21(23,19(29)30)18(28)3-2-10-26/h4-12,27H,2-3,22-24H2,1H3,(H,29,30). The van der Waals surface area contributed by atoms with E-state index in [9.17, 15) is 24.6 Å². The Labute approximate surface area is 178 Å². The Kier molecular flexibility index (Phi) is 7.11. The quantitative estimate of drug-likeness (QED) is 0.116. The number of carbonyl (C=O) groups excluding carboxylic acids is 2. The highest BCUT2D eigenvalue weighted by molar-refractivity contribution is 6.10. The molecule has 0 spiro atoms. The van der Waals surface area contributed by atoms with E-state index in [2.05, 4.69) is 5.10 Å². The van der Waals surface area contributed by atoms with Crippen molar-refractivity contribution in [1.82, 2.24) is 0 Å². The van der Waals surface area contributed by atoms with Gasteiger partial charge in [0.2, 0.25) is 0 Å². The van der Waals surface area contributed by atoms with Crippen molar-refractivity contribution in [2.24, 2.45) is 22.4 Å². The van der Waals surface area contributed by atoms with E-state index in [-0.39, 0.29) is 23.3 Å². The first kappa shape index (κ1) is 23.5. The van der Waals surface area contributed by atoms with Gasteiger partial charge >= 0.3 is 5.97 Å². The van der Waals surface area contributed by atoms with Gasteiger partial charge in [0.05, 0.1) is 13.3 Å². The minimum atomic E-state index is -2.72. The lowest BCUT2D eigenvalue weighted by Crippen LogP contribution is -2.72. The zero-order valence-corrected chi connectivity index (χ0v) is 16.8. The molecule has 2 aromatic carbocycles. The Balaban J connectivity index is 2.84. The number of aliphatic carboxylic acids is 1. The van der Waals surface area contributed by atoms with Crippen molar-refractivity contribution in [2.45, 2.75) is 23.9 Å². The van der Waals surface area contributed by atoms with Crippen molar-refractivity contribution in [2.75, 3.05) is 7.11 Å². The molecular weight excluding hydrogens is 404 g/mol. The average molecular weight is 428 g/mol. The second kappa shape index (κ2) is 9.37. The Hall–Kier alpha value is -3.76. The van der Waals surface area contributed by atoms with E-state index in [1.54, 1.807) is 12.1 Å². The predicted molar refractivity (Wildman–Crippen MR) is 113 cm³/mol. The Morgan fingerprint density at radius 2 is 1.81 bits per heavy atom. The van der Waals surface area contributed by atoms with Crippen LogP contribution in [0.1, 0.15) is 29.5 Å². The van der Waals surface area contributed by atoms with Crippen molar-refractivity contribution in [3.63, 3.8) is 0 Å². The second-order valence-corrected chi connectivity index (χ2v) is 6.83. The lowest BCUT2D eigenvalue weighted by atomic mass is 9.66. The van der Waals surface area contributed by atoms with Crippen LogP contribution < -0.4 is 22.0 Å². The number of carboxylic acid groups (broad SMARTS) is 1. The zero-order chi connectivity index (χ0) is 23.2. The van der Waals surface area contributed by atoms with Crippen molar-refractivity contribution in [1.29, 1.82) is 0 Å². The number of hydrazone groups is 1. The van der Waals surface area contributed by atoms with Crippen molar-refractivity contribution >= 4 is 24.3 Å². The summed E-state index contributed by atoms with van der Waals surface area (Å²) in [5.74, 6) is 2.32. The number of phenols is 1. The lowest BCUT2D eigenvalue weighted by Gasteiger charge is -2.42. The molecule has 2 aromatic rings. The molecule has 0 radical (unpaired) electrons. The lowest BCUT2D eigenvalue weighted by molar-refractivity contribution is -0.151. The first-order chi connectivity index (χ1) is 14.7. The molecule has 0 bridgehead atoms. The van der Waals surface area contributed by atoms with Gasteiger partial charge in [0.1, 0.15) is 23.3 Å². The molecule has 2 rings (SSSR count). The summed E-state index contributed by atoms with van der Waals surface area (Å²) in [6.07, 6.45) is 1.15. The maximum atomic E-state index is 13.0. The molecule has 8 N–H and O–H groups in total. The fraction of sp³-hybridized carbons (Fsp3) is 0.238. The number of ether oxygens (including phenoxy) is 1. The molecule has 10 nitrogen and oxygen atoms in total. The van der Waals surface area contributed by atoms with Crippen LogP contribution in [0, 0.1) is 0 Å². The topological polar surface area (TPSA) is 191 Å². The molecule has 10 heteroatoms. The van der Waals surface area contributed by atoms with Gasteiger partial charge in [-0.15, -0.1) is 0 Å². The van der Waals surface area contributed by atoms with E-state index in [1.165, 1.54) is 43.7 Å². The van der Waals surface area contributed by atoms with Crippen molar-refractivity contribution in [3.05, 3.63) is 59.2 Å². The van der Waals surface area contributed by atoms with Gasteiger partial charge in [-0.2, -0.15) is 5.10 Å². The van der Waals surface area contributed by atoms with Crippen LogP contribution in [0.15, 0.2) is 47.6 Å². The van der Waals surface area contributed by atoms with Crippen LogP contribution in [0.4, 0.5) is 0 Å². The van der Waals surface area contributed by atoms with Crippen LogP contribution >= 0.6 is 0 Å². The van der Waals surface area contributed by atoms with Crippen LogP contribution in [-0.4, -0.2) is 47.1 Å². The Morgan fingerprint density at radius 1 is 1.16 bits per heavy atom. The Morgan fingerprint density at radius 3 is 2.29 bits per heavy atom. The maximum absolute atomic E-state index is 13.0. The predicted octanol–water partition coefficient (Wildman–Crippen LogP) is 0.226. The number of rotatable bonds is 10. The number of hydrogen-bond donors (Lipinski definition) is 5. The summed E-state index contributed by atoms with van der Waals surface area (Å²) in [5, 5.41) is 24.1. The number of methoxy groups -OCH3 is 1. The first-order valence-electron chi connectivity index (χ1n) is 9.16. The monoisotopic (exact) mass is 428 g/mol. The van der Waals surface area contributed by atoms with Crippen LogP contribution in [-0.2, 0) is 19.9 Å². The number of aromatic hydroxyl groups is 1.